The van der Waals surface area contributed by atoms with E-state index in [1.807, 2.05) is 13.8 Å². The lowest BCUT2D eigenvalue weighted by Crippen LogP contribution is -2.56. The van der Waals surface area contributed by atoms with Crippen LogP contribution >= 0.6 is 0 Å². The molecular formula is C11H25BN2O4. The summed E-state index contributed by atoms with van der Waals surface area (Å²) in [6.07, 6.45) is 2.09. The molecule has 0 saturated heterocycles. The molecular weight excluding hydrogens is 235 g/mol. The van der Waals surface area contributed by atoms with Gasteiger partial charge in [-0.15, -0.1) is 0 Å². The highest BCUT2D eigenvalue weighted by Crippen LogP contribution is 2.33. The summed E-state index contributed by atoms with van der Waals surface area (Å²) in [6.45, 7) is 4.00. The summed E-state index contributed by atoms with van der Waals surface area (Å²) in [5, 5.41) is 26.6. The number of aliphatic carboxylic acids is 1. The van der Waals surface area contributed by atoms with Crippen molar-refractivity contribution >= 4 is 13.1 Å². The Labute approximate surface area is 109 Å². The molecule has 0 radical (unpaired) electrons. The highest BCUT2D eigenvalue weighted by Gasteiger charge is 2.42. The van der Waals surface area contributed by atoms with Crippen LogP contribution in [0.3, 0.4) is 0 Å². The topological polar surface area (TPSA) is 130 Å². The minimum atomic E-state index is -1.35. The molecule has 1 aliphatic rings. The van der Waals surface area contributed by atoms with Crippen molar-refractivity contribution in [2.75, 3.05) is 0 Å². The largest absolute Gasteiger partial charge is 0.480 e. The molecule has 6 nitrogen and oxygen atoms in total. The second-order valence-corrected chi connectivity index (χ2v) is 4.79. The Hall–Kier alpha value is -0.625. The minimum absolute atomic E-state index is 0.0478. The van der Waals surface area contributed by atoms with Crippen LogP contribution in [0.25, 0.3) is 0 Å². The van der Waals surface area contributed by atoms with Crippen LogP contribution in [-0.2, 0) is 4.79 Å². The Morgan fingerprint density at radius 2 is 1.94 bits per heavy atom. The summed E-state index contributed by atoms with van der Waals surface area (Å²) in [6, 6.07) is -0.226. The van der Waals surface area contributed by atoms with Gasteiger partial charge in [-0.1, -0.05) is 20.3 Å². The summed E-state index contributed by atoms with van der Waals surface area (Å²) >= 11 is 0. The number of nitrogens with two attached hydrogens (primary N) is 2. The van der Waals surface area contributed by atoms with Crippen molar-refractivity contribution in [1.29, 1.82) is 0 Å². The van der Waals surface area contributed by atoms with E-state index in [4.69, 9.17) is 26.6 Å². The second kappa shape index (κ2) is 7.73. The second-order valence-electron chi connectivity index (χ2n) is 4.79. The highest BCUT2D eigenvalue weighted by atomic mass is 16.4. The summed E-state index contributed by atoms with van der Waals surface area (Å²) in [5.74, 6) is -0.983. The number of carboxylic acids is 1. The normalized spacial score (nSPS) is 31.2. The fourth-order valence-corrected chi connectivity index (χ4v) is 2.44. The van der Waals surface area contributed by atoms with Crippen molar-refractivity contribution in [2.45, 2.75) is 57.4 Å². The Bertz CT molecular complexity index is 265. The Kier molecular flexibility index (Phi) is 7.46. The van der Waals surface area contributed by atoms with Crippen LogP contribution < -0.4 is 11.5 Å². The van der Waals surface area contributed by atoms with Gasteiger partial charge in [0.25, 0.3) is 0 Å². The molecule has 7 N–H and O–H groups in total. The van der Waals surface area contributed by atoms with E-state index in [0.717, 1.165) is 0 Å². The van der Waals surface area contributed by atoms with Gasteiger partial charge in [0, 0.05) is 6.04 Å². The lowest BCUT2D eigenvalue weighted by Gasteiger charge is -2.38. The van der Waals surface area contributed by atoms with E-state index in [9.17, 15) is 4.79 Å². The SMILES string of the molecule is CC.NC1CC(CCB(O)O)CC(N)(C(=O)O)C1. The lowest BCUT2D eigenvalue weighted by molar-refractivity contribution is -0.145. The summed E-state index contributed by atoms with van der Waals surface area (Å²) in [7, 11) is -1.35. The Balaban J connectivity index is 0.00000137. The van der Waals surface area contributed by atoms with Crippen molar-refractivity contribution in [1.82, 2.24) is 0 Å². The zero-order valence-electron chi connectivity index (χ0n) is 11.2. The summed E-state index contributed by atoms with van der Waals surface area (Å²) in [5.41, 5.74) is 10.3. The van der Waals surface area contributed by atoms with E-state index in [-0.39, 0.29) is 24.7 Å². The van der Waals surface area contributed by atoms with Crippen LogP contribution in [0, 0.1) is 5.92 Å². The number of rotatable bonds is 4. The molecule has 18 heavy (non-hydrogen) atoms. The van der Waals surface area contributed by atoms with Gasteiger partial charge < -0.3 is 26.6 Å². The molecule has 0 aromatic heterocycles. The van der Waals surface area contributed by atoms with E-state index in [0.29, 0.717) is 19.3 Å². The van der Waals surface area contributed by atoms with Gasteiger partial charge in [-0.2, -0.15) is 0 Å². The fraction of sp³-hybridized carbons (Fsp3) is 0.909. The third-order valence-corrected chi connectivity index (χ3v) is 3.17. The maximum Gasteiger partial charge on any atom is 0.451 e. The number of carbonyl (C=O) groups is 1. The molecule has 0 aromatic rings. The molecule has 0 aromatic carbocycles. The van der Waals surface area contributed by atoms with Crippen LogP contribution in [-0.4, -0.2) is 39.8 Å². The molecule has 7 heteroatoms. The predicted molar refractivity (Wildman–Crippen MR) is 70.8 cm³/mol. The molecule has 1 rings (SSSR count). The van der Waals surface area contributed by atoms with Crippen LogP contribution in [0.15, 0.2) is 0 Å². The van der Waals surface area contributed by atoms with E-state index >= 15 is 0 Å². The Morgan fingerprint density at radius 3 is 2.39 bits per heavy atom. The summed E-state index contributed by atoms with van der Waals surface area (Å²) < 4.78 is 0. The number of hydrogen-bond acceptors (Lipinski definition) is 5. The maximum absolute atomic E-state index is 11.0. The molecule has 3 unspecified atom stereocenters. The van der Waals surface area contributed by atoms with E-state index in [1.54, 1.807) is 0 Å². The standard InChI is InChI=1S/C9H19BN2O4.C2H6/c11-7-3-6(1-2-10(15)16)4-9(12,5-7)8(13)14;1-2/h6-7,15-16H,1-5,11-12H2,(H,13,14);1-2H3. The van der Waals surface area contributed by atoms with Crippen molar-refractivity contribution in [3.8, 4) is 0 Å². The monoisotopic (exact) mass is 260 g/mol. The van der Waals surface area contributed by atoms with Gasteiger partial charge >= 0.3 is 13.1 Å². The molecule has 0 spiro atoms. The molecule has 3 atom stereocenters. The molecule has 1 saturated carbocycles. The third-order valence-electron chi connectivity index (χ3n) is 3.17. The molecule has 0 amide bonds. The fourth-order valence-electron chi connectivity index (χ4n) is 2.44. The summed E-state index contributed by atoms with van der Waals surface area (Å²) in [4.78, 5) is 11.0. The highest BCUT2D eigenvalue weighted by molar-refractivity contribution is 6.40. The lowest BCUT2D eigenvalue weighted by atomic mass is 9.70. The molecule has 1 aliphatic carbocycles. The molecule has 106 valence electrons. The first-order valence-corrected chi connectivity index (χ1v) is 6.47. The van der Waals surface area contributed by atoms with Crippen LogP contribution in [0.5, 0.6) is 0 Å². The van der Waals surface area contributed by atoms with E-state index in [1.165, 1.54) is 0 Å². The molecule has 0 heterocycles. The quantitative estimate of drug-likeness (QED) is 0.444. The van der Waals surface area contributed by atoms with E-state index in [2.05, 4.69) is 0 Å². The minimum Gasteiger partial charge on any atom is -0.480 e. The van der Waals surface area contributed by atoms with Gasteiger partial charge in [0.05, 0.1) is 0 Å². The maximum atomic E-state index is 11.0. The van der Waals surface area contributed by atoms with E-state index < -0.39 is 18.6 Å². The molecule has 0 bridgehead atoms. The number of carboxylic acid groups (broad SMARTS) is 1. The predicted octanol–water partition coefficient (Wildman–Crippen LogP) is -0.215. The Morgan fingerprint density at radius 1 is 1.39 bits per heavy atom. The molecule has 1 fully saturated rings. The van der Waals surface area contributed by atoms with Gasteiger partial charge in [0.2, 0.25) is 0 Å². The van der Waals surface area contributed by atoms with Crippen molar-refractivity contribution in [3.63, 3.8) is 0 Å². The zero-order valence-corrected chi connectivity index (χ0v) is 11.2. The van der Waals surface area contributed by atoms with Crippen LogP contribution in [0.1, 0.15) is 39.5 Å². The first-order chi connectivity index (χ1) is 8.33. The first kappa shape index (κ1) is 17.4. The van der Waals surface area contributed by atoms with Gasteiger partial charge in [0.1, 0.15) is 5.54 Å². The van der Waals surface area contributed by atoms with Crippen molar-refractivity contribution in [2.24, 2.45) is 17.4 Å². The van der Waals surface area contributed by atoms with Crippen LogP contribution in [0.2, 0.25) is 6.32 Å². The zero-order chi connectivity index (χ0) is 14.3. The smallest absolute Gasteiger partial charge is 0.451 e. The molecule has 0 aliphatic heterocycles. The number of hydrogen-bond donors (Lipinski definition) is 5. The van der Waals surface area contributed by atoms with Gasteiger partial charge in [-0.25, -0.2) is 0 Å². The average molecular weight is 260 g/mol. The van der Waals surface area contributed by atoms with Gasteiger partial charge in [-0.05, 0) is 31.5 Å². The first-order valence-electron chi connectivity index (χ1n) is 6.47. The van der Waals surface area contributed by atoms with Crippen molar-refractivity contribution < 1.29 is 19.9 Å². The van der Waals surface area contributed by atoms with Crippen LogP contribution in [0.4, 0.5) is 0 Å². The average Bonchev–Trinajstić information content (AvgIpc) is 2.28. The van der Waals surface area contributed by atoms with Gasteiger partial charge in [0.15, 0.2) is 0 Å². The third kappa shape index (κ3) is 5.35. The van der Waals surface area contributed by atoms with Crippen molar-refractivity contribution in [3.05, 3.63) is 0 Å². The van der Waals surface area contributed by atoms with Gasteiger partial charge in [-0.3, -0.25) is 4.79 Å².